The summed E-state index contributed by atoms with van der Waals surface area (Å²) in [6.45, 7) is 4.25. The van der Waals surface area contributed by atoms with E-state index in [0.717, 1.165) is 11.5 Å². The van der Waals surface area contributed by atoms with E-state index >= 15 is 0 Å². The Balaban J connectivity index is 2.54. The maximum atomic E-state index is 12.7. The molecule has 1 rings (SSSR count). The molecule has 0 spiro atoms. The average molecular weight is 258 g/mol. The van der Waals surface area contributed by atoms with E-state index < -0.39 is 6.43 Å². The Morgan fingerprint density at radius 1 is 1.47 bits per heavy atom. The molecule has 0 atom stereocenters. The molecule has 0 bridgehead atoms. The molecule has 0 aromatic heterocycles. The van der Waals surface area contributed by atoms with Crippen LogP contribution in [0.2, 0.25) is 0 Å². The van der Waals surface area contributed by atoms with Crippen molar-refractivity contribution < 1.29 is 8.78 Å². The third-order valence-electron chi connectivity index (χ3n) is 2.11. The second kappa shape index (κ2) is 7.17. The molecule has 1 aromatic rings. The number of hydrogen-bond donors (Lipinski definition) is 2. The monoisotopic (exact) mass is 258 g/mol. The van der Waals surface area contributed by atoms with E-state index in [-0.39, 0.29) is 5.56 Å². The molecular weight excluding hydrogens is 242 g/mol. The first-order valence-corrected chi connectivity index (χ1v) is 6.40. The zero-order chi connectivity index (χ0) is 12.7. The van der Waals surface area contributed by atoms with Crippen molar-refractivity contribution in [2.75, 3.05) is 29.1 Å². The Morgan fingerprint density at radius 2 is 2.24 bits per heavy atom. The Labute approximate surface area is 104 Å². The van der Waals surface area contributed by atoms with Crippen LogP contribution in [0.15, 0.2) is 30.9 Å². The van der Waals surface area contributed by atoms with Gasteiger partial charge in [0.05, 0.1) is 0 Å². The first-order chi connectivity index (χ1) is 8.15. The molecule has 0 aliphatic heterocycles. The van der Waals surface area contributed by atoms with Crippen molar-refractivity contribution >= 4 is 23.1 Å². The van der Waals surface area contributed by atoms with Crippen molar-refractivity contribution in [1.29, 1.82) is 0 Å². The maximum Gasteiger partial charge on any atom is 0.265 e. The third-order valence-corrected chi connectivity index (χ3v) is 3.07. The molecule has 5 heteroatoms. The molecule has 0 fully saturated rings. The maximum absolute atomic E-state index is 12.7. The highest BCUT2D eigenvalue weighted by Gasteiger charge is 2.12. The highest BCUT2D eigenvalue weighted by Crippen LogP contribution is 2.28. The van der Waals surface area contributed by atoms with Crippen LogP contribution in [-0.2, 0) is 0 Å². The number of anilines is 2. The lowest BCUT2D eigenvalue weighted by atomic mass is 10.1. The second-order valence-electron chi connectivity index (χ2n) is 3.44. The van der Waals surface area contributed by atoms with E-state index in [1.54, 1.807) is 23.9 Å². The van der Waals surface area contributed by atoms with Crippen LogP contribution in [0, 0.1) is 0 Å². The highest BCUT2D eigenvalue weighted by molar-refractivity contribution is 7.99. The lowest BCUT2D eigenvalue weighted by molar-refractivity contribution is 0.152. The van der Waals surface area contributed by atoms with E-state index in [1.807, 2.05) is 6.08 Å². The fourth-order valence-corrected chi connectivity index (χ4v) is 1.93. The van der Waals surface area contributed by atoms with Crippen molar-refractivity contribution in [3.8, 4) is 0 Å². The standard InChI is InChI=1S/C12H16F2N2S/c1-2-6-17-7-5-16-11-4-3-9(15)8-10(11)12(13)14/h2-4,8,12,16H,1,5-7,15H2. The number of hydrogen-bond acceptors (Lipinski definition) is 3. The number of benzene rings is 1. The normalized spacial score (nSPS) is 10.5. The molecule has 94 valence electrons. The van der Waals surface area contributed by atoms with Gasteiger partial charge in [-0.25, -0.2) is 8.78 Å². The van der Waals surface area contributed by atoms with E-state index in [9.17, 15) is 8.78 Å². The Bertz CT molecular complexity index is 370. The van der Waals surface area contributed by atoms with Crippen LogP contribution >= 0.6 is 11.8 Å². The van der Waals surface area contributed by atoms with E-state index in [2.05, 4.69) is 11.9 Å². The number of rotatable bonds is 7. The minimum atomic E-state index is -2.51. The van der Waals surface area contributed by atoms with Crippen LogP contribution in [-0.4, -0.2) is 18.1 Å². The number of thioether (sulfide) groups is 1. The zero-order valence-corrected chi connectivity index (χ0v) is 10.3. The van der Waals surface area contributed by atoms with Gasteiger partial charge in [0.2, 0.25) is 0 Å². The van der Waals surface area contributed by atoms with Gasteiger partial charge in [-0.1, -0.05) is 6.08 Å². The Kier molecular flexibility index (Phi) is 5.83. The van der Waals surface area contributed by atoms with Crippen LogP contribution < -0.4 is 11.1 Å². The summed E-state index contributed by atoms with van der Waals surface area (Å²) in [7, 11) is 0. The molecule has 0 saturated carbocycles. The molecule has 0 heterocycles. The number of halogens is 2. The molecule has 0 unspecified atom stereocenters. The summed E-state index contributed by atoms with van der Waals surface area (Å²) in [5.74, 6) is 1.71. The van der Waals surface area contributed by atoms with Gasteiger partial charge in [0, 0.05) is 35.0 Å². The molecule has 3 N–H and O–H groups in total. The topological polar surface area (TPSA) is 38.0 Å². The van der Waals surface area contributed by atoms with Crippen molar-refractivity contribution in [3.63, 3.8) is 0 Å². The zero-order valence-electron chi connectivity index (χ0n) is 9.46. The Morgan fingerprint density at radius 3 is 2.88 bits per heavy atom. The van der Waals surface area contributed by atoms with Gasteiger partial charge in [-0.3, -0.25) is 0 Å². The summed E-state index contributed by atoms with van der Waals surface area (Å²) >= 11 is 1.70. The molecule has 1 aromatic carbocycles. The van der Waals surface area contributed by atoms with Gasteiger partial charge < -0.3 is 11.1 Å². The highest BCUT2D eigenvalue weighted by atomic mass is 32.2. The van der Waals surface area contributed by atoms with E-state index in [1.165, 1.54) is 6.07 Å². The van der Waals surface area contributed by atoms with Crippen LogP contribution in [0.1, 0.15) is 12.0 Å². The van der Waals surface area contributed by atoms with E-state index in [4.69, 9.17) is 5.73 Å². The summed E-state index contributed by atoms with van der Waals surface area (Å²) in [5, 5.41) is 2.99. The van der Waals surface area contributed by atoms with Crippen molar-refractivity contribution in [1.82, 2.24) is 0 Å². The van der Waals surface area contributed by atoms with Crippen molar-refractivity contribution in [3.05, 3.63) is 36.4 Å². The summed E-state index contributed by atoms with van der Waals surface area (Å²) in [6.07, 6.45) is -0.694. The molecule has 0 aliphatic rings. The van der Waals surface area contributed by atoms with Crippen molar-refractivity contribution in [2.24, 2.45) is 0 Å². The summed E-state index contributed by atoms with van der Waals surface area (Å²) in [5.41, 5.74) is 6.25. The first kappa shape index (κ1) is 13.8. The molecule has 2 nitrogen and oxygen atoms in total. The molecule has 0 amide bonds. The van der Waals surface area contributed by atoms with Crippen molar-refractivity contribution in [2.45, 2.75) is 6.43 Å². The first-order valence-electron chi connectivity index (χ1n) is 5.25. The van der Waals surface area contributed by atoms with Crippen LogP contribution in [0.5, 0.6) is 0 Å². The smallest absolute Gasteiger partial charge is 0.265 e. The molecule has 0 aliphatic carbocycles. The van der Waals surface area contributed by atoms with Crippen LogP contribution in [0.25, 0.3) is 0 Å². The van der Waals surface area contributed by atoms with Crippen LogP contribution in [0.4, 0.5) is 20.2 Å². The summed E-state index contributed by atoms with van der Waals surface area (Å²) < 4.78 is 25.4. The molecule has 0 saturated heterocycles. The number of nitrogens with two attached hydrogens (primary N) is 1. The fourth-order valence-electron chi connectivity index (χ4n) is 1.35. The van der Waals surface area contributed by atoms with Gasteiger partial charge in [-0.2, -0.15) is 11.8 Å². The predicted octanol–water partition coefficient (Wildman–Crippen LogP) is 3.54. The predicted molar refractivity (Wildman–Crippen MR) is 71.8 cm³/mol. The second-order valence-corrected chi connectivity index (χ2v) is 4.59. The number of alkyl halides is 2. The summed E-state index contributed by atoms with van der Waals surface area (Å²) in [4.78, 5) is 0. The minimum Gasteiger partial charge on any atom is -0.399 e. The lowest BCUT2D eigenvalue weighted by Crippen LogP contribution is -2.07. The fraction of sp³-hybridized carbons (Fsp3) is 0.333. The molecular formula is C12H16F2N2S. The lowest BCUT2D eigenvalue weighted by Gasteiger charge is -2.12. The molecule has 0 radical (unpaired) electrons. The van der Waals surface area contributed by atoms with Gasteiger partial charge in [0.1, 0.15) is 0 Å². The van der Waals surface area contributed by atoms with Gasteiger partial charge >= 0.3 is 0 Å². The average Bonchev–Trinajstić information content (AvgIpc) is 2.30. The third kappa shape index (κ3) is 4.65. The summed E-state index contributed by atoms with van der Waals surface area (Å²) in [6, 6.07) is 4.52. The largest absolute Gasteiger partial charge is 0.399 e. The van der Waals surface area contributed by atoms with Crippen LogP contribution in [0.3, 0.4) is 0 Å². The van der Waals surface area contributed by atoms with E-state index in [0.29, 0.717) is 17.9 Å². The SMILES string of the molecule is C=CCSCCNc1ccc(N)cc1C(F)F. The molecule has 17 heavy (non-hydrogen) atoms. The Hall–Kier alpha value is -1.23. The van der Waals surface area contributed by atoms with Gasteiger partial charge in [-0.05, 0) is 18.2 Å². The van der Waals surface area contributed by atoms with Gasteiger partial charge in [-0.15, -0.1) is 6.58 Å². The van der Waals surface area contributed by atoms with Gasteiger partial charge in [0.25, 0.3) is 6.43 Å². The number of nitrogen functional groups attached to an aromatic ring is 1. The number of nitrogens with one attached hydrogen (secondary N) is 1. The minimum absolute atomic E-state index is 0.0429. The van der Waals surface area contributed by atoms with Gasteiger partial charge in [0.15, 0.2) is 0 Å². The quantitative estimate of drug-likeness (QED) is 0.446.